The predicted molar refractivity (Wildman–Crippen MR) is 71.6 cm³/mol. The summed E-state index contributed by atoms with van der Waals surface area (Å²) in [5, 5.41) is 3.45. The quantitative estimate of drug-likeness (QED) is 0.781. The molecular formula is C14H26N2O2. The zero-order valence-electron chi connectivity index (χ0n) is 12.1. The highest BCUT2D eigenvalue weighted by Crippen LogP contribution is 2.37. The lowest BCUT2D eigenvalue weighted by atomic mass is 9.72. The fourth-order valence-electron chi connectivity index (χ4n) is 3.30. The average molecular weight is 254 g/mol. The van der Waals surface area contributed by atoms with Crippen LogP contribution in [0.5, 0.6) is 0 Å². The molecule has 1 saturated heterocycles. The van der Waals surface area contributed by atoms with Gasteiger partial charge in [0.15, 0.2) is 0 Å². The molecule has 2 atom stereocenters. The van der Waals surface area contributed by atoms with Gasteiger partial charge in [-0.2, -0.15) is 0 Å². The molecule has 1 saturated carbocycles. The highest BCUT2D eigenvalue weighted by atomic mass is 16.6. The number of piperidine rings is 1. The summed E-state index contributed by atoms with van der Waals surface area (Å²) >= 11 is 0. The van der Waals surface area contributed by atoms with Crippen molar-refractivity contribution in [2.24, 2.45) is 5.92 Å². The van der Waals surface area contributed by atoms with Gasteiger partial charge in [0.1, 0.15) is 5.60 Å². The van der Waals surface area contributed by atoms with E-state index in [1.807, 2.05) is 32.7 Å². The molecule has 4 nitrogen and oxygen atoms in total. The van der Waals surface area contributed by atoms with Crippen molar-refractivity contribution in [1.82, 2.24) is 10.2 Å². The van der Waals surface area contributed by atoms with Gasteiger partial charge in [-0.05, 0) is 53.0 Å². The molecule has 2 fully saturated rings. The van der Waals surface area contributed by atoms with Gasteiger partial charge in [-0.25, -0.2) is 4.79 Å². The van der Waals surface area contributed by atoms with E-state index < -0.39 is 5.60 Å². The SMILES string of the molecule is CNC12CCCC(CN(C(=O)OC(C)(C)C)C1)C2. The van der Waals surface area contributed by atoms with Gasteiger partial charge in [-0.15, -0.1) is 0 Å². The predicted octanol–water partition coefficient (Wildman–Crippen LogP) is 2.39. The van der Waals surface area contributed by atoms with Crippen molar-refractivity contribution < 1.29 is 9.53 Å². The Balaban J connectivity index is 2.04. The number of carbonyl (C=O) groups is 1. The topological polar surface area (TPSA) is 41.6 Å². The van der Waals surface area contributed by atoms with E-state index in [9.17, 15) is 4.79 Å². The number of amides is 1. The van der Waals surface area contributed by atoms with Gasteiger partial charge in [-0.3, -0.25) is 0 Å². The van der Waals surface area contributed by atoms with Gasteiger partial charge in [0.05, 0.1) is 0 Å². The molecule has 4 heteroatoms. The van der Waals surface area contributed by atoms with E-state index in [-0.39, 0.29) is 11.6 Å². The van der Waals surface area contributed by atoms with Crippen molar-refractivity contribution in [3.8, 4) is 0 Å². The van der Waals surface area contributed by atoms with E-state index in [0.29, 0.717) is 5.92 Å². The number of fused-ring (bicyclic) bond motifs is 2. The largest absolute Gasteiger partial charge is 0.444 e. The van der Waals surface area contributed by atoms with E-state index in [4.69, 9.17) is 4.74 Å². The summed E-state index contributed by atoms with van der Waals surface area (Å²) in [6, 6.07) is 0. The summed E-state index contributed by atoms with van der Waals surface area (Å²) in [6.07, 6.45) is 4.71. The zero-order valence-corrected chi connectivity index (χ0v) is 12.1. The Kier molecular flexibility index (Phi) is 3.58. The molecule has 1 heterocycles. The average Bonchev–Trinajstić information content (AvgIpc) is 2.26. The lowest BCUT2D eigenvalue weighted by Crippen LogP contribution is -2.61. The Morgan fingerprint density at radius 3 is 2.78 bits per heavy atom. The number of nitrogens with one attached hydrogen (secondary N) is 1. The molecule has 2 unspecified atom stereocenters. The maximum atomic E-state index is 12.2. The molecule has 0 radical (unpaired) electrons. The van der Waals surface area contributed by atoms with Crippen LogP contribution in [0.4, 0.5) is 4.79 Å². The highest BCUT2D eigenvalue weighted by molar-refractivity contribution is 5.68. The van der Waals surface area contributed by atoms with Crippen molar-refractivity contribution in [1.29, 1.82) is 0 Å². The number of likely N-dealkylation sites (tertiary alicyclic amines) is 1. The lowest BCUT2D eigenvalue weighted by molar-refractivity contribution is -0.00716. The molecular weight excluding hydrogens is 228 g/mol. The van der Waals surface area contributed by atoms with Crippen molar-refractivity contribution >= 4 is 6.09 Å². The second-order valence-electron chi connectivity index (χ2n) is 6.85. The first kappa shape index (κ1) is 13.7. The van der Waals surface area contributed by atoms with Gasteiger partial charge >= 0.3 is 6.09 Å². The number of hydrogen-bond donors (Lipinski definition) is 1. The van der Waals surface area contributed by atoms with Crippen LogP contribution >= 0.6 is 0 Å². The van der Waals surface area contributed by atoms with E-state index in [1.165, 1.54) is 25.7 Å². The van der Waals surface area contributed by atoms with Crippen LogP contribution in [0.15, 0.2) is 0 Å². The molecule has 2 aliphatic rings. The summed E-state index contributed by atoms with van der Waals surface area (Å²) in [4.78, 5) is 14.1. The van der Waals surface area contributed by atoms with Crippen LogP contribution in [0.2, 0.25) is 0 Å². The van der Waals surface area contributed by atoms with Crippen LogP contribution in [-0.2, 0) is 4.74 Å². The minimum atomic E-state index is -0.406. The lowest BCUT2D eigenvalue weighted by Gasteiger charge is -2.49. The third-order valence-corrected chi connectivity index (χ3v) is 4.10. The Bertz CT molecular complexity index is 324. The van der Waals surface area contributed by atoms with Gasteiger partial charge in [0.25, 0.3) is 0 Å². The van der Waals surface area contributed by atoms with Crippen molar-refractivity contribution in [2.45, 2.75) is 57.6 Å². The molecule has 2 bridgehead atoms. The highest BCUT2D eigenvalue weighted by Gasteiger charge is 2.43. The van der Waals surface area contributed by atoms with Crippen LogP contribution in [0.3, 0.4) is 0 Å². The molecule has 0 aromatic carbocycles. The van der Waals surface area contributed by atoms with E-state index >= 15 is 0 Å². The molecule has 0 aromatic rings. The van der Waals surface area contributed by atoms with Crippen LogP contribution < -0.4 is 5.32 Å². The Labute approximate surface area is 110 Å². The van der Waals surface area contributed by atoms with Crippen LogP contribution in [0.1, 0.15) is 46.5 Å². The van der Waals surface area contributed by atoms with Gasteiger partial charge in [0, 0.05) is 18.6 Å². The summed E-state index contributed by atoms with van der Waals surface area (Å²) in [5.41, 5.74) is -0.283. The zero-order chi connectivity index (χ0) is 13.4. The summed E-state index contributed by atoms with van der Waals surface area (Å²) in [7, 11) is 2.01. The van der Waals surface area contributed by atoms with Crippen LogP contribution in [0.25, 0.3) is 0 Å². The molecule has 2 rings (SSSR count). The molecule has 1 aliphatic carbocycles. The molecule has 1 aliphatic heterocycles. The standard InChI is InChI=1S/C14H26N2O2/c1-13(2,3)18-12(17)16-9-11-6-5-7-14(8-11,10-16)15-4/h11,15H,5-10H2,1-4H3. The Morgan fingerprint density at radius 2 is 2.17 bits per heavy atom. The smallest absolute Gasteiger partial charge is 0.410 e. The maximum absolute atomic E-state index is 12.2. The van der Waals surface area contributed by atoms with Gasteiger partial charge < -0.3 is 15.0 Å². The minimum absolute atomic E-state index is 0.123. The summed E-state index contributed by atoms with van der Waals surface area (Å²) in [5.74, 6) is 0.632. The number of ether oxygens (including phenoxy) is 1. The Morgan fingerprint density at radius 1 is 1.44 bits per heavy atom. The second kappa shape index (κ2) is 4.72. The van der Waals surface area contributed by atoms with E-state index in [0.717, 1.165) is 13.1 Å². The molecule has 1 amide bonds. The third-order valence-electron chi connectivity index (χ3n) is 4.10. The molecule has 18 heavy (non-hydrogen) atoms. The first-order chi connectivity index (χ1) is 8.34. The van der Waals surface area contributed by atoms with Gasteiger partial charge in [-0.1, -0.05) is 6.42 Å². The fraction of sp³-hybridized carbons (Fsp3) is 0.929. The number of nitrogens with zero attached hydrogens (tertiary/aromatic N) is 1. The molecule has 0 spiro atoms. The van der Waals surface area contributed by atoms with Gasteiger partial charge in [0.2, 0.25) is 0 Å². The second-order valence-corrected chi connectivity index (χ2v) is 6.85. The van der Waals surface area contributed by atoms with E-state index in [2.05, 4.69) is 5.32 Å². The number of carbonyl (C=O) groups excluding carboxylic acids is 1. The number of hydrogen-bond acceptors (Lipinski definition) is 3. The Hall–Kier alpha value is -0.770. The van der Waals surface area contributed by atoms with Crippen molar-refractivity contribution in [2.75, 3.05) is 20.1 Å². The number of rotatable bonds is 1. The van der Waals surface area contributed by atoms with Crippen LogP contribution in [0, 0.1) is 5.92 Å². The molecule has 1 N–H and O–H groups in total. The minimum Gasteiger partial charge on any atom is -0.444 e. The maximum Gasteiger partial charge on any atom is 0.410 e. The summed E-state index contributed by atoms with van der Waals surface area (Å²) < 4.78 is 5.49. The summed E-state index contributed by atoms with van der Waals surface area (Å²) in [6.45, 7) is 7.41. The first-order valence-corrected chi connectivity index (χ1v) is 7.00. The van der Waals surface area contributed by atoms with Crippen LogP contribution in [-0.4, -0.2) is 42.3 Å². The monoisotopic (exact) mass is 254 g/mol. The molecule has 0 aromatic heterocycles. The van der Waals surface area contributed by atoms with Crippen molar-refractivity contribution in [3.05, 3.63) is 0 Å². The fourth-order valence-corrected chi connectivity index (χ4v) is 3.30. The van der Waals surface area contributed by atoms with Crippen molar-refractivity contribution in [3.63, 3.8) is 0 Å². The normalized spacial score (nSPS) is 32.2. The third kappa shape index (κ3) is 2.97. The van der Waals surface area contributed by atoms with E-state index in [1.54, 1.807) is 0 Å². The number of likely N-dealkylation sites (N-methyl/N-ethyl adjacent to an activating group) is 1. The molecule has 104 valence electrons. The first-order valence-electron chi connectivity index (χ1n) is 7.00.